The van der Waals surface area contributed by atoms with Crippen LogP contribution in [0, 0.1) is 0 Å². The van der Waals surface area contributed by atoms with Crippen LogP contribution in [0.4, 0.5) is 4.39 Å². The topological polar surface area (TPSA) is 9.23 Å². The van der Waals surface area contributed by atoms with E-state index in [-0.39, 0.29) is 6.67 Å². The lowest BCUT2D eigenvalue weighted by Crippen LogP contribution is -1.97. The van der Waals surface area contributed by atoms with Gasteiger partial charge in [-0.15, -0.1) is 6.58 Å². The Balaban J connectivity index is 1.83. The summed E-state index contributed by atoms with van der Waals surface area (Å²) >= 11 is 0. The number of halogens is 1. The van der Waals surface area contributed by atoms with Crippen molar-refractivity contribution >= 4 is 0 Å². The molecule has 0 unspecified atom stereocenters. The van der Waals surface area contributed by atoms with Crippen molar-refractivity contribution in [3.8, 4) is 16.9 Å². The molecule has 0 amide bonds. The molecule has 1 nitrogen and oxygen atoms in total. The third-order valence-electron chi connectivity index (χ3n) is 3.82. The minimum atomic E-state index is -0.211. The van der Waals surface area contributed by atoms with Crippen LogP contribution in [-0.4, -0.2) is 13.3 Å². The molecule has 0 radical (unpaired) electrons. The van der Waals surface area contributed by atoms with E-state index in [0.717, 1.165) is 31.4 Å². The van der Waals surface area contributed by atoms with Gasteiger partial charge in [0.05, 0.1) is 13.3 Å². The van der Waals surface area contributed by atoms with Crippen LogP contribution in [0.2, 0.25) is 0 Å². The summed E-state index contributed by atoms with van der Waals surface area (Å²) in [5, 5.41) is 0. The Labute approximate surface area is 138 Å². The van der Waals surface area contributed by atoms with E-state index in [4.69, 9.17) is 4.74 Å². The second-order valence-corrected chi connectivity index (χ2v) is 5.67. The Morgan fingerprint density at radius 1 is 0.826 bits per heavy atom. The Hall–Kier alpha value is -2.09. The normalized spacial score (nSPS) is 10.5. The van der Waals surface area contributed by atoms with Crippen LogP contribution in [-0.2, 0) is 6.42 Å². The summed E-state index contributed by atoms with van der Waals surface area (Å²) in [5.41, 5.74) is 3.66. The highest BCUT2D eigenvalue weighted by atomic mass is 19.1. The van der Waals surface area contributed by atoms with Gasteiger partial charge in [-0.2, -0.15) is 0 Å². The molecule has 0 N–H and O–H groups in total. The number of allylic oxidation sites excluding steroid dienone is 1. The first kappa shape index (κ1) is 17.3. The molecule has 0 spiro atoms. The van der Waals surface area contributed by atoms with Crippen LogP contribution in [0.1, 0.15) is 31.2 Å². The first-order chi connectivity index (χ1) is 11.3. The molecule has 122 valence electrons. The van der Waals surface area contributed by atoms with Gasteiger partial charge in [0.15, 0.2) is 0 Å². The summed E-state index contributed by atoms with van der Waals surface area (Å²) < 4.78 is 17.7. The van der Waals surface area contributed by atoms with E-state index in [1.807, 2.05) is 18.2 Å². The fourth-order valence-corrected chi connectivity index (χ4v) is 2.48. The predicted octanol–water partition coefficient (Wildman–Crippen LogP) is 5.99. The van der Waals surface area contributed by atoms with Crippen molar-refractivity contribution in [2.24, 2.45) is 0 Å². The minimum absolute atomic E-state index is 0.211. The molecule has 0 aliphatic rings. The number of rotatable bonds is 10. The maximum atomic E-state index is 12.0. The van der Waals surface area contributed by atoms with Gasteiger partial charge in [-0.25, -0.2) is 0 Å². The molecule has 0 bridgehead atoms. The van der Waals surface area contributed by atoms with Crippen LogP contribution >= 0.6 is 0 Å². The maximum absolute atomic E-state index is 12.0. The lowest BCUT2D eigenvalue weighted by Gasteiger charge is -2.08. The molecular weight excluding hydrogens is 287 g/mol. The number of ether oxygens (including phenoxy) is 1. The molecule has 0 heterocycles. The molecule has 0 aromatic heterocycles. The van der Waals surface area contributed by atoms with Gasteiger partial charge < -0.3 is 4.74 Å². The number of hydrogen-bond donors (Lipinski definition) is 0. The Morgan fingerprint density at radius 2 is 1.43 bits per heavy atom. The SMILES string of the molecule is C=CCc1ccc(-c2ccc(OCCCCCCF)cc2)cc1. The molecule has 0 aliphatic carbocycles. The standard InChI is InChI=1S/C21H25FO/c1-2-7-18-8-10-19(11-9-18)20-12-14-21(15-13-20)23-17-6-4-3-5-16-22/h2,8-15H,1,3-7,16-17H2. The van der Waals surface area contributed by atoms with E-state index in [1.165, 1.54) is 16.7 Å². The number of hydrogen-bond acceptors (Lipinski definition) is 1. The van der Waals surface area contributed by atoms with Crippen molar-refractivity contribution in [1.82, 2.24) is 0 Å². The Bertz CT molecular complexity index is 572. The number of unbranched alkanes of at least 4 members (excludes halogenated alkanes) is 3. The first-order valence-corrected chi connectivity index (χ1v) is 8.32. The van der Waals surface area contributed by atoms with Gasteiger partial charge in [0.1, 0.15) is 5.75 Å². The van der Waals surface area contributed by atoms with Crippen LogP contribution in [0.3, 0.4) is 0 Å². The van der Waals surface area contributed by atoms with Gasteiger partial charge in [-0.05, 0) is 54.5 Å². The third kappa shape index (κ3) is 5.90. The molecule has 2 heteroatoms. The number of alkyl halides is 1. The van der Waals surface area contributed by atoms with E-state index in [9.17, 15) is 4.39 Å². The fraction of sp³-hybridized carbons (Fsp3) is 0.333. The second kappa shape index (κ2) is 9.83. The zero-order chi connectivity index (χ0) is 16.3. The highest BCUT2D eigenvalue weighted by Gasteiger charge is 2.00. The molecule has 0 aliphatic heterocycles. The largest absolute Gasteiger partial charge is 0.494 e. The Morgan fingerprint density at radius 3 is 2.04 bits per heavy atom. The summed E-state index contributed by atoms with van der Waals surface area (Å²) in [6, 6.07) is 16.7. The second-order valence-electron chi connectivity index (χ2n) is 5.67. The monoisotopic (exact) mass is 312 g/mol. The molecule has 2 aromatic carbocycles. The highest BCUT2D eigenvalue weighted by Crippen LogP contribution is 2.23. The van der Waals surface area contributed by atoms with E-state index in [0.29, 0.717) is 13.0 Å². The van der Waals surface area contributed by atoms with E-state index in [2.05, 4.69) is 43.0 Å². The van der Waals surface area contributed by atoms with Crippen LogP contribution in [0.15, 0.2) is 61.2 Å². The average Bonchev–Trinajstić information content (AvgIpc) is 2.60. The molecular formula is C21H25FO. The number of benzene rings is 2. The predicted molar refractivity (Wildman–Crippen MR) is 95.7 cm³/mol. The van der Waals surface area contributed by atoms with Gasteiger partial charge in [0.25, 0.3) is 0 Å². The van der Waals surface area contributed by atoms with Crippen LogP contribution < -0.4 is 4.74 Å². The van der Waals surface area contributed by atoms with Crippen molar-refractivity contribution in [3.63, 3.8) is 0 Å². The quantitative estimate of drug-likeness (QED) is 0.387. The summed E-state index contributed by atoms with van der Waals surface area (Å²) in [4.78, 5) is 0. The first-order valence-electron chi connectivity index (χ1n) is 8.32. The van der Waals surface area contributed by atoms with Gasteiger partial charge >= 0.3 is 0 Å². The zero-order valence-electron chi connectivity index (χ0n) is 13.6. The van der Waals surface area contributed by atoms with Gasteiger partial charge in [-0.1, -0.05) is 48.9 Å². The molecule has 0 fully saturated rings. The van der Waals surface area contributed by atoms with Crippen molar-refractivity contribution < 1.29 is 9.13 Å². The van der Waals surface area contributed by atoms with Gasteiger partial charge in [0.2, 0.25) is 0 Å². The molecule has 0 saturated carbocycles. The summed E-state index contributed by atoms with van der Waals surface area (Å²) in [6.07, 6.45) is 6.43. The summed E-state index contributed by atoms with van der Waals surface area (Å²) in [7, 11) is 0. The summed E-state index contributed by atoms with van der Waals surface area (Å²) in [6.45, 7) is 4.25. The molecule has 23 heavy (non-hydrogen) atoms. The summed E-state index contributed by atoms with van der Waals surface area (Å²) in [5.74, 6) is 0.891. The smallest absolute Gasteiger partial charge is 0.119 e. The van der Waals surface area contributed by atoms with Gasteiger partial charge in [-0.3, -0.25) is 4.39 Å². The van der Waals surface area contributed by atoms with E-state index < -0.39 is 0 Å². The lowest BCUT2D eigenvalue weighted by molar-refractivity contribution is 0.303. The minimum Gasteiger partial charge on any atom is -0.494 e. The third-order valence-corrected chi connectivity index (χ3v) is 3.82. The van der Waals surface area contributed by atoms with Crippen LogP contribution in [0.25, 0.3) is 11.1 Å². The molecule has 2 rings (SSSR count). The van der Waals surface area contributed by atoms with Crippen molar-refractivity contribution in [1.29, 1.82) is 0 Å². The molecule has 0 saturated heterocycles. The van der Waals surface area contributed by atoms with Crippen molar-refractivity contribution in [3.05, 3.63) is 66.7 Å². The van der Waals surface area contributed by atoms with Crippen LogP contribution in [0.5, 0.6) is 5.75 Å². The fourth-order valence-electron chi connectivity index (χ4n) is 2.48. The zero-order valence-corrected chi connectivity index (χ0v) is 13.6. The van der Waals surface area contributed by atoms with E-state index >= 15 is 0 Å². The van der Waals surface area contributed by atoms with Crippen molar-refractivity contribution in [2.45, 2.75) is 32.1 Å². The molecule has 2 aromatic rings. The lowest BCUT2D eigenvalue weighted by atomic mass is 10.0. The highest BCUT2D eigenvalue weighted by molar-refractivity contribution is 5.64. The molecule has 0 atom stereocenters. The average molecular weight is 312 g/mol. The Kier molecular flexibility index (Phi) is 7.38. The van der Waals surface area contributed by atoms with Crippen molar-refractivity contribution in [2.75, 3.05) is 13.3 Å². The maximum Gasteiger partial charge on any atom is 0.119 e. The van der Waals surface area contributed by atoms with Gasteiger partial charge in [0, 0.05) is 0 Å². The van der Waals surface area contributed by atoms with E-state index in [1.54, 1.807) is 0 Å².